The minimum absolute atomic E-state index is 0.256. The van der Waals surface area contributed by atoms with E-state index in [1.54, 1.807) is 12.1 Å². The number of aryl methyl sites for hydroxylation is 2. The normalized spacial score (nSPS) is 10.3. The summed E-state index contributed by atoms with van der Waals surface area (Å²) in [7, 11) is 0. The molecule has 0 radical (unpaired) electrons. The standard InChI is InChI=1S/C14H16FN3OS/c1-9-10(2)20-14(17-9)18-13(19)16-8-7-11-3-5-12(15)6-4-11/h3-6H,7-8H2,1-2H3,(H2,16,17,18,19). The van der Waals surface area contributed by atoms with Gasteiger partial charge in [0.05, 0.1) is 5.69 Å². The van der Waals surface area contributed by atoms with Crippen molar-refractivity contribution in [1.82, 2.24) is 10.3 Å². The molecule has 6 heteroatoms. The lowest BCUT2D eigenvalue weighted by Gasteiger charge is -2.05. The van der Waals surface area contributed by atoms with Crippen LogP contribution in [0.4, 0.5) is 14.3 Å². The molecule has 0 spiro atoms. The summed E-state index contributed by atoms with van der Waals surface area (Å²) < 4.78 is 12.7. The van der Waals surface area contributed by atoms with Gasteiger partial charge < -0.3 is 5.32 Å². The van der Waals surface area contributed by atoms with Crippen molar-refractivity contribution in [2.75, 3.05) is 11.9 Å². The highest BCUT2D eigenvalue weighted by atomic mass is 32.1. The zero-order valence-corrected chi connectivity index (χ0v) is 12.2. The molecule has 0 atom stereocenters. The number of carbonyl (C=O) groups is 1. The molecular formula is C14H16FN3OS. The third-order valence-electron chi connectivity index (χ3n) is 2.86. The zero-order chi connectivity index (χ0) is 14.5. The molecule has 2 aromatic rings. The molecule has 0 saturated carbocycles. The number of nitrogens with zero attached hydrogens (tertiary/aromatic N) is 1. The maximum Gasteiger partial charge on any atom is 0.321 e. The second-order valence-electron chi connectivity index (χ2n) is 4.42. The number of carbonyl (C=O) groups excluding carboxylic acids is 1. The molecule has 2 N–H and O–H groups in total. The fourth-order valence-corrected chi connectivity index (χ4v) is 2.45. The van der Waals surface area contributed by atoms with Crippen LogP contribution in [0.2, 0.25) is 0 Å². The van der Waals surface area contributed by atoms with E-state index in [0.29, 0.717) is 18.1 Å². The van der Waals surface area contributed by atoms with Gasteiger partial charge in [-0.2, -0.15) is 0 Å². The summed E-state index contributed by atoms with van der Waals surface area (Å²) in [6.07, 6.45) is 0.656. The second-order valence-corrected chi connectivity index (χ2v) is 5.62. The quantitative estimate of drug-likeness (QED) is 0.909. The van der Waals surface area contributed by atoms with Gasteiger partial charge in [-0.3, -0.25) is 5.32 Å². The summed E-state index contributed by atoms with van der Waals surface area (Å²) in [5.74, 6) is -0.256. The van der Waals surface area contributed by atoms with Crippen molar-refractivity contribution in [3.8, 4) is 0 Å². The number of anilines is 1. The number of thiazole rings is 1. The van der Waals surface area contributed by atoms with Crippen LogP contribution in [0.25, 0.3) is 0 Å². The lowest BCUT2D eigenvalue weighted by molar-refractivity contribution is 0.252. The van der Waals surface area contributed by atoms with E-state index in [-0.39, 0.29) is 11.8 Å². The van der Waals surface area contributed by atoms with E-state index in [9.17, 15) is 9.18 Å². The second kappa shape index (κ2) is 6.47. The van der Waals surface area contributed by atoms with Gasteiger partial charge in [-0.05, 0) is 38.0 Å². The van der Waals surface area contributed by atoms with Gasteiger partial charge in [0, 0.05) is 11.4 Å². The number of hydrogen-bond acceptors (Lipinski definition) is 3. The lowest BCUT2D eigenvalue weighted by atomic mass is 10.1. The Labute approximate surface area is 121 Å². The van der Waals surface area contributed by atoms with Gasteiger partial charge in [0.2, 0.25) is 0 Å². The van der Waals surface area contributed by atoms with E-state index in [0.717, 1.165) is 16.1 Å². The topological polar surface area (TPSA) is 54.0 Å². The van der Waals surface area contributed by atoms with Crippen molar-refractivity contribution in [2.45, 2.75) is 20.3 Å². The number of hydrogen-bond donors (Lipinski definition) is 2. The number of benzene rings is 1. The van der Waals surface area contributed by atoms with E-state index < -0.39 is 0 Å². The van der Waals surface area contributed by atoms with Crippen LogP contribution in [0.1, 0.15) is 16.1 Å². The molecule has 2 rings (SSSR count). The summed E-state index contributed by atoms with van der Waals surface area (Å²) in [4.78, 5) is 17.0. The number of urea groups is 1. The Morgan fingerprint density at radius 3 is 2.60 bits per heavy atom. The molecule has 20 heavy (non-hydrogen) atoms. The van der Waals surface area contributed by atoms with Crippen molar-refractivity contribution >= 4 is 22.5 Å². The first kappa shape index (κ1) is 14.5. The van der Waals surface area contributed by atoms with E-state index in [1.165, 1.54) is 23.5 Å². The van der Waals surface area contributed by atoms with Crippen LogP contribution in [0.15, 0.2) is 24.3 Å². The van der Waals surface area contributed by atoms with Gasteiger partial charge in [0.1, 0.15) is 5.82 Å². The molecule has 0 unspecified atom stereocenters. The molecule has 4 nitrogen and oxygen atoms in total. The number of rotatable bonds is 4. The first-order chi connectivity index (χ1) is 9.54. The molecule has 0 saturated heterocycles. The first-order valence-electron chi connectivity index (χ1n) is 6.28. The Morgan fingerprint density at radius 1 is 1.30 bits per heavy atom. The van der Waals surface area contributed by atoms with Gasteiger partial charge >= 0.3 is 6.03 Å². The average Bonchev–Trinajstić information content (AvgIpc) is 2.70. The molecule has 0 aliphatic carbocycles. The molecule has 2 amide bonds. The molecule has 0 fully saturated rings. The monoisotopic (exact) mass is 293 g/mol. The molecule has 0 bridgehead atoms. The van der Waals surface area contributed by atoms with Crippen molar-refractivity contribution < 1.29 is 9.18 Å². The van der Waals surface area contributed by atoms with Crippen LogP contribution in [0.3, 0.4) is 0 Å². The molecule has 1 heterocycles. The van der Waals surface area contributed by atoms with Crippen LogP contribution < -0.4 is 10.6 Å². The van der Waals surface area contributed by atoms with Crippen LogP contribution >= 0.6 is 11.3 Å². The highest BCUT2D eigenvalue weighted by Crippen LogP contribution is 2.20. The highest BCUT2D eigenvalue weighted by molar-refractivity contribution is 7.15. The summed E-state index contributed by atoms with van der Waals surface area (Å²) in [6, 6.07) is 5.97. The largest absolute Gasteiger partial charge is 0.337 e. The van der Waals surface area contributed by atoms with E-state index in [1.807, 2.05) is 13.8 Å². The van der Waals surface area contributed by atoms with Gasteiger partial charge in [0.15, 0.2) is 5.13 Å². The van der Waals surface area contributed by atoms with Crippen LogP contribution in [-0.2, 0) is 6.42 Å². The van der Waals surface area contributed by atoms with Gasteiger partial charge in [-0.1, -0.05) is 12.1 Å². The summed E-state index contributed by atoms with van der Waals surface area (Å²) in [5.41, 5.74) is 1.91. The molecular weight excluding hydrogens is 277 g/mol. The van der Waals surface area contributed by atoms with Crippen molar-refractivity contribution in [3.63, 3.8) is 0 Å². The van der Waals surface area contributed by atoms with Crippen LogP contribution in [0.5, 0.6) is 0 Å². The average molecular weight is 293 g/mol. The Morgan fingerprint density at radius 2 is 2.00 bits per heavy atom. The number of amides is 2. The first-order valence-corrected chi connectivity index (χ1v) is 7.09. The molecule has 1 aromatic carbocycles. The van der Waals surface area contributed by atoms with Crippen molar-refractivity contribution in [1.29, 1.82) is 0 Å². The fraction of sp³-hybridized carbons (Fsp3) is 0.286. The Balaban J connectivity index is 1.76. The third-order valence-corrected chi connectivity index (χ3v) is 3.85. The van der Waals surface area contributed by atoms with E-state index >= 15 is 0 Å². The van der Waals surface area contributed by atoms with Crippen molar-refractivity contribution in [3.05, 3.63) is 46.2 Å². The maximum atomic E-state index is 12.7. The van der Waals surface area contributed by atoms with Crippen molar-refractivity contribution in [2.24, 2.45) is 0 Å². The number of nitrogens with one attached hydrogen (secondary N) is 2. The Hall–Kier alpha value is -1.95. The maximum absolute atomic E-state index is 12.7. The zero-order valence-electron chi connectivity index (χ0n) is 11.4. The number of aromatic nitrogens is 1. The summed E-state index contributed by atoms with van der Waals surface area (Å²) >= 11 is 1.45. The SMILES string of the molecule is Cc1nc(NC(=O)NCCc2ccc(F)cc2)sc1C. The van der Waals surface area contributed by atoms with Crippen LogP contribution in [0, 0.1) is 19.7 Å². The number of halogens is 1. The Kier molecular flexibility index (Phi) is 4.68. The van der Waals surface area contributed by atoms with Gasteiger partial charge in [-0.15, -0.1) is 11.3 Å². The minimum atomic E-state index is -0.277. The summed E-state index contributed by atoms with van der Waals surface area (Å²) in [6.45, 7) is 4.36. The molecule has 1 aromatic heterocycles. The highest BCUT2D eigenvalue weighted by Gasteiger charge is 2.07. The van der Waals surface area contributed by atoms with Crippen LogP contribution in [-0.4, -0.2) is 17.6 Å². The van der Waals surface area contributed by atoms with Gasteiger partial charge in [0.25, 0.3) is 0 Å². The Bertz CT molecular complexity index is 575. The predicted octanol–water partition coefficient (Wildman–Crippen LogP) is 3.26. The summed E-state index contributed by atoms with van der Waals surface area (Å²) in [5, 5.41) is 6.04. The molecule has 106 valence electrons. The smallest absolute Gasteiger partial charge is 0.321 e. The van der Waals surface area contributed by atoms with E-state index in [4.69, 9.17) is 0 Å². The molecule has 0 aliphatic heterocycles. The lowest BCUT2D eigenvalue weighted by Crippen LogP contribution is -2.30. The third kappa shape index (κ3) is 4.03. The van der Waals surface area contributed by atoms with Gasteiger partial charge in [-0.25, -0.2) is 14.2 Å². The van der Waals surface area contributed by atoms with E-state index in [2.05, 4.69) is 15.6 Å². The minimum Gasteiger partial charge on any atom is -0.337 e. The molecule has 0 aliphatic rings. The predicted molar refractivity (Wildman–Crippen MR) is 78.7 cm³/mol. The fourth-order valence-electron chi connectivity index (χ4n) is 1.64.